The molecule has 4 nitrogen and oxygen atoms in total. The Hall–Kier alpha value is -0.130. The number of nitrogens with one attached hydrogen (secondary N) is 1. The van der Waals surface area contributed by atoms with Crippen molar-refractivity contribution in [3.8, 4) is 0 Å². The lowest BCUT2D eigenvalue weighted by molar-refractivity contribution is 0.272. The average molecular weight is 221 g/mol. The highest BCUT2D eigenvalue weighted by Crippen LogP contribution is 2.23. The first-order valence-corrected chi connectivity index (χ1v) is 7.04. The first-order valence-electron chi connectivity index (χ1n) is 5.09. The molecule has 1 saturated carbocycles. The third-order valence-electron chi connectivity index (χ3n) is 2.77. The van der Waals surface area contributed by atoms with Gasteiger partial charge in [0.15, 0.2) is 9.84 Å². The van der Waals surface area contributed by atoms with Gasteiger partial charge in [-0.25, -0.2) is 8.42 Å². The molecule has 84 valence electrons. The molecule has 1 aliphatic carbocycles. The standard InChI is InChI=1S/C9H19NO3S/c1-14(12,13)9-5-3-2-4-8(9)10-6-7-11/h8-11H,2-7H2,1H3. The first kappa shape index (κ1) is 11.9. The van der Waals surface area contributed by atoms with E-state index in [1.54, 1.807) is 0 Å². The zero-order valence-corrected chi connectivity index (χ0v) is 9.39. The molecular weight excluding hydrogens is 202 g/mol. The maximum absolute atomic E-state index is 11.5. The van der Waals surface area contributed by atoms with Crippen molar-refractivity contribution in [2.45, 2.75) is 37.0 Å². The molecule has 2 unspecified atom stereocenters. The molecule has 1 aliphatic rings. The van der Waals surface area contributed by atoms with Crippen molar-refractivity contribution in [2.24, 2.45) is 0 Å². The predicted molar refractivity (Wildman–Crippen MR) is 56.0 cm³/mol. The fraction of sp³-hybridized carbons (Fsp3) is 1.00. The Morgan fingerprint density at radius 1 is 1.36 bits per heavy atom. The van der Waals surface area contributed by atoms with Crippen LogP contribution in [0.1, 0.15) is 25.7 Å². The first-order chi connectivity index (χ1) is 6.55. The van der Waals surface area contributed by atoms with E-state index in [9.17, 15) is 8.42 Å². The molecule has 0 aliphatic heterocycles. The zero-order chi connectivity index (χ0) is 10.6. The second kappa shape index (κ2) is 5.09. The summed E-state index contributed by atoms with van der Waals surface area (Å²) in [5, 5.41) is 11.5. The molecule has 2 atom stereocenters. The van der Waals surface area contributed by atoms with Crippen molar-refractivity contribution < 1.29 is 13.5 Å². The van der Waals surface area contributed by atoms with E-state index in [-0.39, 0.29) is 17.9 Å². The van der Waals surface area contributed by atoms with Gasteiger partial charge in [0.05, 0.1) is 11.9 Å². The highest BCUT2D eigenvalue weighted by molar-refractivity contribution is 7.91. The molecule has 0 aromatic heterocycles. The molecule has 1 rings (SSSR count). The van der Waals surface area contributed by atoms with Gasteiger partial charge in [-0.1, -0.05) is 12.8 Å². The molecule has 0 bridgehead atoms. The molecule has 14 heavy (non-hydrogen) atoms. The van der Waals surface area contributed by atoms with Crippen molar-refractivity contribution >= 4 is 9.84 Å². The zero-order valence-electron chi connectivity index (χ0n) is 8.57. The summed E-state index contributed by atoms with van der Waals surface area (Å²) in [6.07, 6.45) is 5.03. The van der Waals surface area contributed by atoms with Crippen LogP contribution in [0.2, 0.25) is 0 Å². The lowest BCUT2D eigenvalue weighted by Crippen LogP contribution is -2.46. The largest absolute Gasteiger partial charge is 0.395 e. The minimum Gasteiger partial charge on any atom is -0.395 e. The minimum atomic E-state index is -2.95. The molecule has 0 radical (unpaired) electrons. The normalized spacial score (nSPS) is 29.0. The van der Waals surface area contributed by atoms with Crippen molar-refractivity contribution in [3.05, 3.63) is 0 Å². The van der Waals surface area contributed by atoms with Gasteiger partial charge in [0.25, 0.3) is 0 Å². The summed E-state index contributed by atoms with van der Waals surface area (Å²) in [6, 6.07) is 0.0332. The van der Waals surface area contributed by atoms with Crippen molar-refractivity contribution in [1.29, 1.82) is 0 Å². The molecule has 0 amide bonds. The van der Waals surface area contributed by atoms with E-state index in [0.29, 0.717) is 6.54 Å². The van der Waals surface area contributed by atoms with Gasteiger partial charge < -0.3 is 10.4 Å². The van der Waals surface area contributed by atoms with E-state index in [0.717, 1.165) is 25.7 Å². The number of hydrogen-bond donors (Lipinski definition) is 2. The summed E-state index contributed by atoms with van der Waals surface area (Å²) in [7, 11) is -2.95. The van der Waals surface area contributed by atoms with Crippen molar-refractivity contribution in [3.63, 3.8) is 0 Å². The van der Waals surface area contributed by atoms with E-state index < -0.39 is 9.84 Å². The van der Waals surface area contributed by atoms with Gasteiger partial charge in [-0.15, -0.1) is 0 Å². The van der Waals surface area contributed by atoms with Crippen molar-refractivity contribution in [1.82, 2.24) is 5.32 Å². The number of hydrogen-bond acceptors (Lipinski definition) is 4. The van der Waals surface area contributed by atoms with Crippen LogP contribution in [0.4, 0.5) is 0 Å². The summed E-state index contributed by atoms with van der Waals surface area (Å²) in [4.78, 5) is 0. The Balaban J connectivity index is 2.60. The number of aliphatic hydroxyl groups excluding tert-OH is 1. The van der Waals surface area contributed by atoms with Gasteiger partial charge in [-0.3, -0.25) is 0 Å². The SMILES string of the molecule is CS(=O)(=O)C1CCCCC1NCCO. The van der Waals surface area contributed by atoms with Gasteiger partial charge in [-0.05, 0) is 12.8 Å². The Morgan fingerprint density at radius 3 is 2.57 bits per heavy atom. The number of rotatable bonds is 4. The Kier molecular flexibility index (Phi) is 4.34. The fourth-order valence-corrected chi connectivity index (χ4v) is 3.52. The van der Waals surface area contributed by atoms with Crippen LogP contribution in [0, 0.1) is 0 Å². The average Bonchev–Trinajstić information content (AvgIpc) is 2.14. The Labute approximate surface area is 85.6 Å². The van der Waals surface area contributed by atoms with E-state index in [1.807, 2.05) is 0 Å². The molecule has 0 aromatic carbocycles. The van der Waals surface area contributed by atoms with Gasteiger partial charge in [0, 0.05) is 18.8 Å². The van der Waals surface area contributed by atoms with Gasteiger partial charge >= 0.3 is 0 Å². The van der Waals surface area contributed by atoms with Gasteiger partial charge in [0.1, 0.15) is 0 Å². The summed E-state index contributed by atoms with van der Waals surface area (Å²) >= 11 is 0. The van der Waals surface area contributed by atoms with Crippen LogP contribution in [0.25, 0.3) is 0 Å². The summed E-state index contributed by atoms with van der Waals surface area (Å²) in [6.45, 7) is 0.545. The second-order valence-electron chi connectivity index (χ2n) is 3.94. The van der Waals surface area contributed by atoms with E-state index in [4.69, 9.17) is 5.11 Å². The predicted octanol–water partition coefficient (Wildman–Crippen LogP) is -0.0759. The van der Waals surface area contributed by atoms with Crippen LogP contribution in [0.5, 0.6) is 0 Å². The third kappa shape index (κ3) is 3.22. The molecule has 0 saturated heterocycles. The minimum absolute atomic E-state index is 0.0332. The monoisotopic (exact) mass is 221 g/mol. The summed E-state index contributed by atoms with van der Waals surface area (Å²) in [5.41, 5.74) is 0. The van der Waals surface area contributed by atoms with E-state index >= 15 is 0 Å². The van der Waals surface area contributed by atoms with Gasteiger partial charge in [0.2, 0.25) is 0 Å². The van der Waals surface area contributed by atoms with Crippen LogP contribution in [-0.4, -0.2) is 44.2 Å². The van der Waals surface area contributed by atoms with Crippen LogP contribution in [-0.2, 0) is 9.84 Å². The van der Waals surface area contributed by atoms with E-state index in [2.05, 4.69) is 5.32 Å². The van der Waals surface area contributed by atoms with Crippen LogP contribution in [0.3, 0.4) is 0 Å². The topological polar surface area (TPSA) is 66.4 Å². The van der Waals surface area contributed by atoms with Crippen LogP contribution in [0.15, 0.2) is 0 Å². The number of sulfone groups is 1. The molecule has 0 spiro atoms. The lowest BCUT2D eigenvalue weighted by Gasteiger charge is -2.30. The highest BCUT2D eigenvalue weighted by atomic mass is 32.2. The molecule has 1 fully saturated rings. The molecule has 0 aromatic rings. The maximum atomic E-state index is 11.5. The summed E-state index contributed by atoms with van der Waals surface area (Å²) in [5.74, 6) is 0. The smallest absolute Gasteiger partial charge is 0.151 e. The highest BCUT2D eigenvalue weighted by Gasteiger charge is 2.31. The summed E-state index contributed by atoms with van der Waals surface area (Å²) < 4.78 is 22.9. The Morgan fingerprint density at radius 2 is 2.00 bits per heavy atom. The van der Waals surface area contributed by atoms with E-state index in [1.165, 1.54) is 6.26 Å². The van der Waals surface area contributed by atoms with Gasteiger partial charge in [-0.2, -0.15) is 0 Å². The second-order valence-corrected chi connectivity index (χ2v) is 6.20. The lowest BCUT2D eigenvalue weighted by atomic mass is 9.95. The van der Waals surface area contributed by atoms with Crippen molar-refractivity contribution in [2.75, 3.05) is 19.4 Å². The Bertz CT molecular complexity index is 263. The molecule has 2 N–H and O–H groups in total. The quantitative estimate of drug-likeness (QED) is 0.697. The molecule has 5 heteroatoms. The number of aliphatic hydroxyl groups is 1. The van der Waals surface area contributed by atoms with Crippen LogP contribution < -0.4 is 5.32 Å². The fourth-order valence-electron chi connectivity index (χ4n) is 2.09. The maximum Gasteiger partial charge on any atom is 0.151 e. The third-order valence-corrected chi connectivity index (χ3v) is 4.43. The molecular formula is C9H19NO3S. The van der Waals surface area contributed by atoms with Crippen LogP contribution >= 0.6 is 0 Å². The molecule has 0 heterocycles.